The molecule has 0 saturated carbocycles. The monoisotopic (exact) mass is 414 g/mol. The molecule has 0 atom stereocenters. The van der Waals surface area contributed by atoms with Crippen molar-refractivity contribution in [1.29, 1.82) is 0 Å². The van der Waals surface area contributed by atoms with Crippen molar-refractivity contribution in [3.8, 4) is 0 Å². The molecule has 4 rings (SSSR count). The molecule has 0 N–H and O–H groups in total. The summed E-state index contributed by atoms with van der Waals surface area (Å²) >= 11 is 0. The third-order valence-corrected chi connectivity index (χ3v) is 9.36. The van der Waals surface area contributed by atoms with Gasteiger partial charge in [-0.2, -0.15) is 0 Å². The predicted molar refractivity (Wildman–Crippen MR) is 135 cm³/mol. The first kappa shape index (κ1) is 21.4. The minimum absolute atomic E-state index is 0.149. The molecule has 4 aromatic rings. The molecule has 0 nitrogen and oxygen atoms in total. The highest BCUT2D eigenvalue weighted by Gasteiger charge is 2.09. The van der Waals surface area contributed by atoms with Crippen molar-refractivity contribution in [3.63, 3.8) is 0 Å². The summed E-state index contributed by atoms with van der Waals surface area (Å²) in [7, 11) is -0.319. The van der Waals surface area contributed by atoms with Gasteiger partial charge in [0.1, 0.15) is 0 Å². The fraction of sp³-hybridized carbons (Fsp3) is 0.111. The van der Waals surface area contributed by atoms with Crippen molar-refractivity contribution in [1.82, 2.24) is 0 Å². The van der Waals surface area contributed by atoms with Gasteiger partial charge in [-0.25, -0.2) is 0 Å². The van der Waals surface area contributed by atoms with Crippen LogP contribution in [0.4, 0.5) is 0 Å². The highest BCUT2D eigenvalue weighted by Crippen LogP contribution is 2.32. The average Bonchev–Trinajstić information content (AvgIpc) is 2.82. The van der Waals surface area contributed by atoms with E-state index in [0.717, 1.165) is 0 Å². The van der Waals surface area contributed by atoms with Crippen LogP contribution >= 0.6 is 15.8 Å². The van der Waals surface area contributed by atoms with Crippen LogP contribution in [0.2, 0.25) is 0 Å². The Bertz CT molecular complexity index is 860. The number of rotatable bonds is 5. The summed E-state index contributed by atoms with van der Waals surface area (Å²) in [6.45, 7) is 4.58. The van der Waals surface area contributed by atoms with E-state index in [1.54, 1.807) is 0 Å². The smallest absolute Gasteiger partial charge is 0.0195 e. The normalized spacial score (nSPS) is 10.5. The Balaban J connectivity index is 0.000000166. The maximum Gasteiger partial charge on any atom is -0.0195 e. The summed E-state index contributed by atoms with van der Waals surface area (Å²) in [5.41, 5.74) is 0. The second-order valence-electron chi connectivity index (χ2n) is 6.65. The molecule has 29 heavy (non-hydrogen) atoms. The number of hydrogen-bond acceptors (Lipinski definition) is 0. The van der Waals surface area contributed by atoms with Crippen molar-refractivity contribution < 1.29 is 0 Å². The molecule has 0 unspecified atom stereocenters. The van der Waals surface area contributed by atoms with Crippen molar-refractivity contribution in [3.05, 3.63) is 121 Å². The van der Waals surface area contributed by atoms with Gasteiger partial charge in [-0.15, -0.1) is 0 Å². The summed E-state index contributed by atoms with van der Waals surface area (Å²) in [5.74, 6) is 0. The highest BCUT2D eigenvalue weighted by atomic mass is 31.1. The zero-order chi connectivity index (χ0) is 20.3. The number of hydrogen-bond donors (Lipinski definition) is 0. The quantitative estimate of drug-likeness (QED) is 0.357. The molecule has 0 saturated heterocycles. The van der Waals surface area contributed by atoms with Crippen LogP contribution < -0.4 is 21.2 Å². The minimum atomic E-state index is -0.171. The Morgan fingerprint density at radius 1 is 0.448 bits per heavy atom. The summed E-state index contributed by atoms with van der Waals surface area (Å²) in [5, 5.41) is 5.82. The lowest BCUT2D eigenvalue weighted by molar-refractivity contribution is 1.51. The van der Waals surface area contributed by atoms with Crippen molar-refractivity contribution >= 4 is 37.1 Å². The fourth-order valence-electron chi connectivity index (χ4n) is 3.18. The lowest BCUT2D eigenvalue weighted by Crippen LogP contribution is -2.12. The second kappa shape index (κ2) is 11.7. The molecule has 0 aromatic heterocycles. The van der Waals surface area contributed by atoms with Gasteiger partial charge in [0.2, 0.25) is 0 Å². The molecule has 0 aliphatic heterocycles. The van der Waals surface area contributed by atoms with E-state index in [9.17, 15) is 0 Å². The highest BCUT2D eigenvalue weighted by molar-refractivity contribution is 7.73. The van der Waals surface area contributed by atoms with E-state index in [4.69, 9.17) is 0 Å². The Morgan fingerprint density at radius 2 is 0.724 bits per heavy atom. The standard InChI is InChI=1S/C14H15P.C13H13P/c1-2-15(13-9-5-3-6-10-13)14-11-7-4-8-12-14;1-14(12-8-4-2-5-9-12)13-10-6-3-7-11-13/h3-12H,2H2,1H3;2-11H,1H3. The number of benzene rings is 4. The minimum Gasteiger partial charge on any atom is -0.0622 e. The van der Waals surface area contributed by atoms with E-state index in [1.807, 2.05) is 0 Å². The van der Waals surface area contributed by atoms with Gasteiger partial charge in [-0.3, -0.25) is 0 Å². The summed E-state index contributed by atoms with van der Waals surface area (Å²) < 4.78 is 0. The molecule has 0 spiro atoms. The molecular weight excluding hydrogens is 386 g/mol. The van der Waals surface area contributed by atoms with E-state index in [1.165, 1.54) is 27.4 Å². The van der Waals surface area contributed by atoms with E-state index in [-0.39, 0.29) is 15.8 Å². The second-order valence-corrected chi connectivity index (χ2v) is 11.3. The van der Waals surface area contributed by atoms with Crippen LogP contribution in [0, 0.1) is 0 Å². The molecule has 0 amide bonds. The first-order valence-electron chi connectivity index (χ1n) is 10.0. The molecule has 146 valence electrons. The third-order valence-electron chi connectivity index (χ3n) is 4.74. The van der Waals surface area contributed by atoms with Gasteiger partial charge in [-0.05, 0) is 49.9 Å². The van der Waals surface area contributed by atoms with Crippen LogP contribution in [0.25, 0.3) is 0 Å². The SMILES string of the molecule is CCP(c1ccccc1)c1ccccc1.CP(c1ccccc1)c1ccccc1. The van der Waals surface area contributed by atoms with Gasteiger partial charge in [0, 0.05) is 0 Å². The molecule has 0 aliphatic rings. The van der Waals surface area contributed by atoms with Crippen LogP contribution in [0.3, 0.4) is 0 Å². The van der Waals surface area contributed by atoms with Gasteiger partial charge >= 0.3 is 0 Å². The van der Waals surface area contributed by atoms with Gasteiger partial charge in [0.25, 0.3) is 0 Å². The van der Waals surface area contributed by atoms with E-state index < -0.39 is 0 Å². The lowest BCUT2D eigenvalue weighted by Gasteiger charge is -2.16. The van der Waals surface area contributed by atoms with Crippen LogP contribution in [0.1, 0.15) is 6.92 Å². The van der Waals surface area contributed by atoms with E-state index in [0.29, 0.717) is 0 Å². The summed E-state index contributed by atoms with van der Waals surface area (Å²) in [6, 6.07) is 43.0. The van der Waals surface area contributed by atoms with Crippen LogP contribution in [-0.2, 0) is 0 Å². The molecule has 0 aliphatic carbocycles. The Kier molecular flexibility index (Phi) is 8.63. The fourth-order valence-corrected chi connectivity index (χ4v) is 6.81. The molecule has 0 heterocycles. The lowest BCUT2D eigenvalue weighted by atomic mass is 10.4. The maximum atomic E-state index is 2.31. The van der Waals surface area contributed by atoms with Crippen molar-refractivity contribution in [2.24, 2.45) is 0 Å². The summed E-state index contributed by atoms with van der Waals surface area (Å²) in [4.78, 5) is 0. The molecule has 0 fully saturated rings. The predicted octanol–water partition coefficient (Wildman–Crippen LogP) is 5.89. The topological polar surface area (TPSA) is 0 Å². The molecular formula is C27H28P2. The van der Waals surface area contributed by atoms with Crippen molar-refractivity contribution in [2.45, 2.75) is 6.92 Å². The largest absolute Gasteiger partial charge is 0.0622 e. The summed E-state index contributed by atoms with van der Waals surface area (Å²) in [6.07, 6.45) is 1.21. The molecule has 2 heteroatoms. The van der Waals surface area contributed by atoms with Crippen LogP contribution in [0.5, 0.6) is 0 Å². The first-order valence-corrected chi connectivity index (χ1v) is 13.3. The molecule has 4 aromatic carbocycles. The van der Waals surface area contributed by atoms with E-state index >= 15 is 0 Å². The molecule has 0 bridgehead atoms. The Labute approximate surface area is 178 Å². The zero-order valence-corrected chi connectivity index (χ0v) is 18.9. The van der Waals surface area contributed by atoms with Gasteiger partial charge in [-0.1, -0.05) is 128 Å². The average molecular weight is 414 g/mol. The Morgan fingerprint density at radius 3 is 1.00 bits per heavy atom. The third kappa shape index (κ3) is 6.37. The van der Waals surface area contributed by atoms with Crippen LogP contribution in [-0.4, -0.2) is 12.8 Å². The zero-order valence-electron chi connectivity index (χ0n) is 17.1. The Hall–Kier alpha value is -2.26. The van der Waals surface area contributed by atoms with Gasteiger partial charge in [0.05, 0.1) is 0 Å². The van der Waals surface area contributed by atoms with Crippen LogP contribution in [0.15, 0.2) is 121 Å². The maximum absolute atomic E-state index is 2.31. The van der Waals surface area contributed by atoms with Gasteiger partial charge < -0.3 is 0 Å². The van der Waals surface area contributed by atoms with Gasteiger partial charge in [0.15, 0.2) is 0 Å². The van der Waals surface area contributed by atoms with E-state index in [2.05, 4.69) is 135 Å². The van der Waals surface area contributed by atoms with Crippen molar-refractivity contribution in [2.75, 3.05) is 12.8 Å². The first-order chi connectivity index (χ1) is 14.3. The molecule has 0 radical (unpaired) electrons.